The summed E-state index contributed by atoms with van der Waals surface area (Å²) in [4.78, 5) is 26.1. The molecular formula is C28H33N5O5S. The van der Waals surface area contributed by atoms with Crippen LogP contribution in [0.25, 0.3) is 10.8 Å². The summed E-state index contributed by atoms with van der Waals surface area (Å²) in [6.07, 6.45) is 5.45. The second-order valence-electron chi connectivity index (χ2n) is 11.6. The van der Waals surface area contributed by atoms with Crippen molar-refractivity contribution in [1.82, 2.24) is 15.0 Å². The summed E-state index contributed by atoms with van der Waals surface area (Å²) in [6, 6.07) is 5.33. The van der Waals surface area contributed by atoms with Crippen LogP contribution in [0.5, 0.6) is 5.88 Å². The normalized spacial score (nSPS) is 25.0. The number of aromatic nitrogens is 3. The second kappa shape index (κ2) is 9.12. The lowest BCUT2D eigenvalue weighted by Crippen LogP contribution is -2.44. The van der Waals surface area contributed by atoms with E-state index in [0.29, 0.717) is 47.0 Å². The third kappa shape index (κ3) is 4.71. The third-order valence-corrected chi connectivity index (χ3v) is 10.8. The fourth-order valence-corrected chi connectivity index (χ4v) is 7.55. The number of nitrogens with two attached hydrogens (primary N) is 1. The maximum absolute atomic E-state index is 12.5. The van der Waals surface area contributed by atoms with Gasteiger partial charge in [0.05, 0.1) is 27.1 Å². The van der Waals surface area contributed by atoms with Gasteiger partial charge in [-0.2, -0.15) is 0 Å². The van der Waals surface area contributed by atoms with Crippen LogP contribution in [0.2, 0.25) is 0 Å². The van der Waals surface area contributed by atoms with E-state index in [0.717, 1.165) is 23.8 Å². The lowest BCUT2D eigenvalue weighted by molar-refractivity contribution is 0.0235. The van der Waals surface area contributed by atoms with E-state index in [4.69, 9.17) is 20.2 Å². The van der Waals surface area contributed by atoms with Crippen LogP contribution < -0.4 is 15.8 Å². The minimum Gasteiger partial charge on any atom is -0.474 e. The number of nitrogens with zero attached hydrogens (tertiary/aromatic N) is 3. The molecule has 0 bridgehead atoms. The van der Waals surface area contributed by atoms with Crippen molar-refractivity contribution in [2.45, 2.75) is 87.5 Å². The first-order valence-corrected chi connectivity index (χ1v) is 15.0. The number of carbonyl (C=O) groups excluding carboxylic acids is 1. The molecule has 0 unspecified atom stereocenters. The van der Waals surface area contributed by atoms with E-state index in [1.165, 1.54) is 0 Å². The molecule has 0 saturated heterocycles. The van der Waals surface area contributed by atoms with Gasteiger partial charge in [0.1, 0.15) is 23.8 Å². The molecule has 1 aliphatic heterocycles. The van der Waals surface area contributed by atoms with E-state index >= 15 is 0 Å². The number of cyclic esters (lactones) is 1. The lowest BCUT2D eigenvalue weighted by atomic mass is 9.92. The maximum Gasteiger partial charge on any atom is 0.340 e. The molecule has 0 aromatic carbocycles. The smallest absolute Gasteiger partial charge is 0.340 e. The molecule has 0 spiro atoms. The molecule has 11 heteroatoms. The first kappa shape index (κ1) is 25.9. The van der Waals surface area contributed by atoms with Gasteiger partial charge in [0.15, 0.2) is 9.84 Å². The summed E-state index contributed by atoms with van der Waals surface area (Å²) < 4.78 is 36.6. The number of fused-ring (bicyclic) bond motifs is 2. The molecule has 39 heavy (non-hydrogen) atoms. The summed E-state index contributed by atoms with van der Waals surface area (Å²) in [6.45, 7) is 7.65. The fraction of sp³-hybridized carbons (Fsp3) is 0.500. The Bertz CT molecular complexity index is 1580. The second-order valence-corrected chi connectivity index (χ2v) is 14.1. The van der Waals surface area contributed by atoms with Crippen LogP contribution in [0.1, 0.15) is 80.9 Å². The molecule has 3 N–H and O–H groups in total. The van der Waals surface area contributed by atoms with E-state index in [1.807, 2.05) is 33.8 Å². The Morgan fingerprint density at radius 2 is 1.79 bits per heavy atom. The van der Waals surface area contributed by atoms with E-state index < -0.39 is 15.4 Å². The van der Waals surface area contributed by atoms with Crippen LogP contribution in [0, 0.1) is 0 Å². The van der Waals surface area contributed by atoms with Crippen molar-refractivity contribution in [3.8, 4) is 5.88 Å². The lowest BCUT2D eigenvalue weighted by Gasteiger charge is -2.35. The molecule has 2 aliphatic carbocycles. The number of esters is 1. The Balaban J connectivity index is 1.28. The van der Waals surface area contributed by atoms with E-state index in [-0.39, 0.29) is 34.6 Å². The van der Waals surface area contributed by atoms with Gasteiger partial charge in [-0.1, -0.05) is 6.92 Å². The molecule has 3 aromatic rings. The number of rotatable bonds is 7. The highest BCUT2D eigenvalue weighted by molar-refractivity contribution is 7.93. The molecule has 2 fully saturated rings. The Morgan fingerprint density at radius 1 is 1.05 bits per heavy atom. The molecule has 0 amide bonds. The van der Waals surface area contributed by atoms with Gasteiger partial charge in [0.25, 0.3) is 0 Å². The number of nitrogens with one attached hydrogen (secondary N) is 1. The molecule has 206 valence electrons. The Hall–Kier alpha value is -3.31. The third-order valence-electron chi connectivity index (χ3n) is 8.04. The SMILES string of the molecule is C[C@@H]1OC(=O)c2ccc(Nc3cc4c(C(C)(C)N)cnc(O[C@H]5C[C@@H](S(=O)(=O)C6CC6)C5)c4cn3)nc2[C@H]1C. The zero-order valence-electron chi connectivity index (χ0n) is 22.5. The van der Waals surface area contributed by atoms with Gasteiger partial charge in [0, 0.05) is 36.7 Å². The number of anilines is 2. The number of sulfone groups is 1. The van der Waals surface area contributed by atoms with Gasteiger partial charge in [-0.05, 0) is 62.8 Å². The van der Waals surface area contributed by atoms with Gasteiger partial charge in [-0.3, -0.25) is 0 Å². The minimum absolute atomic E-state index is 0.0372. The van der Waals surface area contributed by atoms with Gasteiger partial charge < -0.3 is 20.5 Å². The number of hydrogen-bond donors (Lipinski definition) is 2. The Kier molecular flexibility index (Phi) is 6.07. The summed E-state index contributed by atoms with van der Waals surface area (Å²) in [7, 11) is -3.04. The first-order chi connectivity index (χ1) is 18.4. The van der Waals surface area contributed by atoms with Crippen LogP contribution in [0.4, 0.5) is 11.6 Å². The fourth-order valence-electron chi connectivity index (χ4n) is 5.25. The molecular weight excluding hydrogens is 518 g/mol. The molecule has 10 nitrogen and oxygen atoms in total. The minimum atomic E-state index is -3.04. The Morgan fingerprint density at radius 3 is 2.49 bits per heavy atom. The number of pyridine rings is 3. The van der Waals surface area contributed by atoms with Gasteiger partial charge in [-0.25, -0.2) is 28.2 Å². The summed E-state index contributed by atoms with van der Waals surface area (Å²) in [5.74, 6) is 1.13. The summed E-state index contributed by atoms with van der Waals surface area (Å²) in [5, 5.41) is 4.30. The molecule has 4 heterocycles. The van der Waals surface area contributed by atoms with E-state index in [1.54, 1.807) is 24.5 Å². The number of carbonyl (C=O) groups is 1. The first-order valence-electron chi connectivity index (χ1n) is 13.4. The largest absolute Gasteiger partial charge is 0.474 e. The predicted octanol–water partition coefficient (Wildman–Crippen LogP) is 4.11. The molecule has 2 saturated carbocycles. The molecule has 3 aliphatic rings. The average Bonchev–Trinajstić information content (AvgIpc) is 3.70. The standard InChI is InChI=1S/C28H33N5O5S/c1-14-15(2)37-27(34)19-7-8-23(33-25(14)19)32-24-11-20-21(12-30-24)26(31-13-22(20)28(3,4)29)38-16-9-18(10-16)39(35,36)17-5-6-17/h7-8,11-18H,5-6,9-10,29H2,1-4H3,(H,30,32,33)/t14-,15-,16-,18+/m0/s1. The van der Waals surface area contributed by atoms with Crippen LogP contribution in [0.15, 0.2) is 30.6 Å². The van der Waals surface area contributed by atoms with Gasteiger partial charge in [-0.15, -0.1) is 0 Å². The summed E-state index contributed by atoms with van der Waals surface area (Å²) in [5.41, 5.74) is 7.79. The molecule has 3 aromatic heterocycles. The van der Waals surface area contributed by atoms with Crippen LogP contribution in [-0.4, -0.2) is 52.0 Å². The van der Waals surface area contributed by atoms with Crippen LogP contribution in [0.3, 0.4) is 0 Å². The highest BCUT2D eigenvalue weighted by Crippen LogP contribution is 2.41. The molecule has 6 rings (SSSR count). The van der Waals surface area contributed by atoms with Gasteiger partial charge in [0.2, 0.25) is 5.88 Å². The number of hydrogen-bond acceptors (Lipinski definition) is 10. The quantitative estimate of drug-likeness (QED) is 0.411. The highest BCUT2D eigenvalue weighted by atomic mass is 32.2. The molecule has 2 atom stereocenters. The zero-order valence-corrected chi connectivity index (χ0v) is 23.3. The van der Waals surface area contributed by atoms with E-state index in [2.05, 4.69) is 15.3 Å². The van der Waals surface area contributed by atoms with Crippen molar-refractivity contribution in [2.75, 3.05) is 5.32 Å². The van der Waals surface area contributed by atoms with Crippen molar-refractivity contribution in [3.63, 3.8) is 0 Å². The highest BCUT2D eigenvalue weighted by Gasteiger charge is 2.48. The van der Waals surface area contributed by atoms with E-state index in [9.17, 15) is 13.2 Å². The number of ether oxygens (including phenoxy) is 2. The van der Waals surface area contributed by atoms with Crippen LogP contribution in [-0.2, 0) is 20.1 Å². The zero-order chi connectivity index (χ0) is 27.7. The van der Waals surface area contributed by atoms with Crippen molar-refractivity contribution >= 4 is 38.2 Å². The summed E-state index contributed by atoms with van der Waals surface area (Å²) >= 11 is 0. The van der Waals surface area contributed by atoms with Crippen molar-refractivity contribution in [2.24, 2.45) is 5.73 Å². The molecule has 0 radical (unpaired) electrons. The average molecular weight is 552 g/mol. The van der Waals surface area contributed by atoms with Crippen molar-refractivity contribution in [1.29, 1.82) is 0 Å². The van der Waals surface area contributed by atoms with Gasteiger partial charge >= 0.3 is 5.97 Å². The monoisotopic (exact) mass is 551 g/mol. The topological polar surface area (TPSA) is 146 Å². The predicted molar refractivity (Wildman–Crippen MR) is 147 cm³/mol. The van der Waals surface area contributed by atoms with Crippen molar-refractivity contribution < 1.29 is 22.7 Å². The van der Waals surface area contributed by atoms with Crippen molar-refractivity contribution in [3.05, 3.63) is 47.4 Å². The van der Waals surface area contributed by atoms with Crippen LogP contribution >= 0.6 is 0 Å². The maximum atomic E-state index is 12.5. The Labute approximate surface area is 227 Å².